The van der Waals surface area contributed by atoms with Gasteiger partial charge in [-0.25, -0.2) is 0 Å². The van der Waals surface area contributed by atoms with Gasteiger partial charge in [-0.1, -0.05) is 19.1 Å². The number of hydrogen-bond acceptors (Lipinski definition) is 3. The van der Waals surface area contributed by atoms with Gasteiger partial charge in [-0.2, -0.15) is 0 Å². The molecule has 27 heavy (non-hydrogen) atoms. The van der Waals surface area contributed by atoms with Crippen LogP contribution < -0.4 is 4.90 Å². The SMILES string of the molecule is Cc1ccc2c(c1)N(C(=O)/C=C/c1ccc([N+](=O)[O-])cc1)C(C)(C)C[C@@H]2C. The van der Waals surface area contributed by atoms with E-state index in [9.17, 15) is 14.9 Å². The molecule has 140 valence electrons. The summed E-state index contributed by atoms with van der Waals surface area (Å²) in [6.45, 7) is 8.41. The molecule has 0 aliphatic carbocycles. The smallest absolute Gasteiger partial charge is 0.269 e. The van der Waals surface area contributed by atoms with Gasteiger partial charge >= 0.3 is 0 Å². The number of benzene rings is 2. The van der Waals surface area contributed by atoms with E-state index in [4.69, 9.17) is 0 Å². The van der Waals surface area contributed by atoms with Gasteiger partial charge < -0.3 is 4.90 Å². The first-order chi connectivity index (χ1) is 12.7. The van der Waals surface area contributed by atoms with E-state index in [2.05, 4.69) is 39.0 Å². The second-order valence-electron chi connectivity index (χ2n) is 7.84. The zero-order valence-corrected chi connectivity index (χ0v) is 16.1. The van der Waals surface area contributed by atoms with Gasteiger partial charge in [-0.3, -0.25) is 14.9 Å². The number of carbonyl (C=O) groups excluding carboxylic acids is 1. The van der Waals surface area contributed by atoms with Gasteiger partial charge in [0.15, 0.2) is 0 Å². The average molecular weight is 364 g/mol. The minimum absolute atomic E-state index is 0.0361. The number of rotatable bonds is 3. The van der Waals surface area contributed by atoms with Crippen LogP contribution in [0.5, 0.6) is 0 Å². The predicted molar refractivity (Wildman–Crippen MR) is 108 cm³/mol. The topological polar surface area (TPSA) is 63.5 Å². The highest BCUT2D eigenvalue weighted by atomic mass is 16.6. The van der Waals surface area contributed by atoms with E-state index in [0.29, 0.717) is 5.92 Å². The molecule has 0 unspecified atom stereocenters. The lowest BCUT2D eigenvalue weighted by Gasteiger charge is -2.45. The minimum atomic E-state index is -0.435. The molecular weight excluding hydrogens is 340 g/mol. The van der Waals surface area contributed by atoms with Crippen molar-refractivity contribution in [3.8, 4) is 0 Å². The number of anilines is 1. The van der Waals surface area contributed by atoms with Crippen LogP contribution in [0, 0.1) is 17.0 Å². The van der Waals surface area contributed by atoms with Gasteiger partial charge in [-0.15, -0.1) is 0 Å². The maximum Gasteiger partial charge on any atom is 0.269 e. The summed E-state index contributed by atoms with van der Waals surface area (Å²) in [6.07, 6.45) is 4.14. The summed E-state index contributed by atoms with van der Waals surface area (Å²) < 4.78 is 0. The van der Waals surface area contributed by atoms with Gasteiger partial charge in [0.2, 0.25) is 0 Å². The van der Waals surface area contributed by atoms with E-state index in [0.717, 1.165) is 23.2 Å². The van der Waals surface area contributed by atoms with E-state index in [1.807, 2.05) is 11.8 Å². The maximum absolute atomic E-state index is 13.1. The molecule has 0 spiro atoms. The van der Waals surface area contributed by atoms with Crippen LogP contribution in [0.1, 0.15) is 49.8 Å². The first-order valence-corrected chi connectivity index (χ1v) is 9.06. The molecule has 3 rings (SSSR count). The lowest BCUT2D eigenvalue weighted by Crippen LogP contribution is -2.51. The van der Waals surface area contributed by atoms with Gasteiger partial charge in [0.05, 0.1) is 4.92 Å². The normalized spacial score (nSPS) is 18.4. The molecule has 0 saturated carbocycles. The zero-order valence-electron chi connectivity index (χ0n) is 16.1. The molecular formula is C22H24N2O3. The fourth-order valence-electron chi connectivity index (χ4n) is 3.91. The Bertz CT molecular complexity index is 914. The molecule has 0 aromatic heterocycles. The van der Waals surface area contributed by atoms with Crippen molar-refractivity contribution >= 4 is 23.4 Å². The molecule has 5 heteroatoms. The molecule has 0 radical (unpaired) electrons. The van der Waals surface area contributed by atoms with Crippen molar-refractivity contribution in [3.05, 3.63) is 75.3 Å². The lowest BCUT2D eigenvalue weighted by atomic mass is 9.79. The molecule has 1 heterocycles. The Kier molecular flexibility index (Phi) is 4.87. The highest BCUT2D eigenvalue weighted by molar-refractivity contribution is 6.05. The summed E-state index contributed by atoms with van der Waals surface area (Å²) in [7, 11) is 0. The zero-order chi connectivity index (χ0) is 19.8. The molecule has 2 aromatic rings. The quantitative estimate of drug-likeness (QED) is 0.425. The van der Waals surface area contributed by atoms with E-state index in [1.54, 1.807) is 24.3 Å². The van der Waals surface area contributed by atoms with Crippen molar-refractivity contribution in [1.82, 2.24) is 0 Å². The van der Waals surface area contributed by atoms with E-state index >= 15 is 0 Å². The maximum atomic E-state index is 13.1. The van der Waals surface area contributed by atoms with Crippen LogP contribution in [-0.2, 0) is 4.79 Å². The number of nitro groups is 1. The van der Waals surface area contributed by atoms with Crippen molar-refractivity contribution in [2.75, 3.05) is 4.90 Å². The lowest BCUT2D eigenvalue weighted by molar-refractivity contribution is -0.384. The number of nitro benzene ring substituents is 1. The minimum Gasteiger partial charge on any atom is -0.303 e. The van der Waals surface area contributed by atoms with Crippen LogP contribution in [-0.4, -0.2) is 16.4 Å². The molecule has 0 saturated heterocycles. The largest absolute Gasteiger partial charge is 0.303 e. The Balaban J connectivity index is 1.92. The summed E-state index contributed by atoms with van der Waals surface area (Å²) in [6, 6.07) is 12.4. The van der Waals surface area contributed by atoms with Gasteiger partial charge in [-0.05, 0) is 74.1 Å². The second-order valence-corrected chi connectivity index (χ2v) is 7.84. The number of fused-ring (bicyclic) bond motifs is 1. The van der Waals surface area contributed by atoms with Crippen molar-refractivity contribution in [2.45, 2.75) is 45.6 Å². The van der Waals surface area contributed by atoms with E-state index in [1.165, 1.54) is 17.7 Å². The van der Waals surface area contributed by atoms with Crippen molar-refractivity contribution in [1.29, 1.82) is 0 Å². The van der Waals surface area contributed by atoms with Gasteiger partial charge in [0, 0.05) is 29.4 Å². The third-order valence-corrected chi connectivity index (χ3v) is 5.11. The monoisotopic (exact) mass is 364 g/mol. The molecule has 1 aliphatic rings. The average Bonchev–Trinajstić information content (AvgIpc) is 2.59. The summed E-state index contributed by atoms with van der Waals surface area (Å²) in [4.78, 5) is 25.3. The number of amides is 1. The molecule has 1 amide bonds. The third-order valence-electron chi connectivity index (χ3n) is 5.11. The van der Waals surface area contributed by atoms with Crippen LogP contribution in [0.3, 0.4) is 0 Å². The molecule has 0 bridgehead atoms. The van der Waals surface area contributed by atoms with Crippen LogP contribution in [0.15, 0.2) is 48.5 Å². The Labute approximate surface area is 159 Å². The van der Waals surface area contributed by atoms with Gasteiger partial charge in [0.25, 0.3) is 11.6 Å². The summed E-state index contributed by atoms with van der Waals surface area (Å²) >= 11 is 0. The molecule has 0 N–H and O–H groups in total. The number of carbonyl (C=O) groups is 1. The number of hydrogen-bond donors (Lipinski definition) is 0. The Morgan fingerprint density at radius 2 is 1.89 bits per heavy atom. The molecule has 0 fully saturated rings. The van der Waals surface area contributed by atoms with Crippen molar-refractivity contribution < 1.29 is 9.72 Å². The Morgan fingerprint density at radius 3 is 2.52 bits per heavy atom. The standard InChI is InChI=1S/C22H24N2O3/c1-15-5-11-19-16(2)14-22(3,4)23(20(19)13-15)21(25)12-8-17-6-9-18(10-7-17)24(26)27/h5-13,16H,14H2,1-4H3/b12-8+/t16-/m0/s1. The van der Waals surface area contributed by atoms with Crippen molar-refractivity contribution in [3.63, 3.8) is 0 Å². The highest BCUT2D eigenvalue weighted by Crippen LogP contribution is 2.43. The van der Waals surface area contributed by atoms with Crippen molar-refractivity contribution in [2.24, 2.45) is 0 Å². The van der Waals surface area contributed by atoms with Crippen LogP contribution in [0.2, 0.25) is 0 Å². The number of nitrogens with zero attached hydrogens (tertiary/aromatic N) is 2. The van der Waals surface area contributed by atoms with E-state index < -0.39 is 4.92 Å². The first-order valence-electron chi connectivity index (χ1n) is 9.06. The number of non-ortho nitro benzene ring substituents is 1. The van der Waals surface area contributed by atoms with Gasteiger partial charge in [0.1, 0.15) is 0 Å². The second kappa shape index (κ2) is 6.99. The molecule has 1 atom stereocenters. The third kappa shape index (κ3) is 3.77. The first kappa shape index (κ1) is 18.8. The van der Waals surface area contributed by atoms with Crippen LogP contribution in [0.4, 0.5) is 11.4 Å². The fourth-order valence-corrected chi connectivity index (χ4v) is 3.91. The number of aryl methyl sites for hydroxylation is 1. The Morgan fingerprint density at radius 1 is 1.22 bits per heavy atom. The summed E-state index contributed by atoms with van der Waals surface area (Å²) in [5.74, 6) is 0.301. The molecule has 2 aromatic carbocycles. The van der Waals surface area contributed by atoms with Crippen LogP contribution in [0.25, 0.3) is 6.08 Å². The molecule has 5 nitrogen and oxygen atoms in total. The predicted octanol–water partition coefficient (Wildman–Crippen LogP) is 5.24. The van der Waals surface area contributed by atoms with E-state index in [-0.39, 0.29) is 17.1 Å². The summed E-state index contributed by atoms with van der Waals surface area (Å²) in [5.41, 5.74) is 3.78. The highest BCUT2D eigenvalue weighted by Gasteiger charge is 2.39. The Hall–Kier alpha value is -2.95. The summed E-state index contributed by atoms with van der Waals surface area (Å²) in [5, 5.41) is 10.8. The molecule has 1 aliphatic heterocycles. The van der Waals surface area contributed by atoms with Crippen LogP contribution >= 0.6 is 0 Å². The fraction of sp³-hybridized carbons (Fsp3) is 0.318.